The number of ether oxygens (including phenoxy) is 1. The molecule has 0 spiro atoms. The number of rotatable bonds is 5. The number of fused-ring (bicyclic) bond motifs is 1. The number of hydrazone groups is 1. The lowest BCUT2D eigenvalue weighted by Gasteiger charge is -2.37. The number of halogens is 1. The van der Waals surface area contributed by atoms with Gasteiger partial charge in [0.15, 0.2) is 0 Å². The first-order valence-corrected chi connectivity index (χ1v) is 11.0. The van der Waals surface area contributed by atoms with E-state index in [1.165, 1.54) is 6.21 Å². The van der Waals surface area contributed by atoms with Crippen LogP contribution in [-0.4, -0.2) is 35.6 Å². The number of benzene rings is 1. The fourth-order valence-electron chi connectivity index (χ4n) is 4.91. The zero-order valence-electron chi connectivity index (χ0n) is 17.4. The summed E-state index contributed by atoms with van der Waals surface area (Å²) >= 11 is 6.12. The molecule has 4 aliphatic rings. The Morgan fingerprint density at radius 1 is 1.16 bits per heavy atom. The summed E-state index contributed by atoms with van der Waals surface area (Å²) in [5.41, 5.74) is 0.885. The van der Waals surface area contributed by atoms with E-state index in [0.717, 1.165) is 17.9 Å². The van der Waals surface area contributed by atoms with Crippen LogP contribution in [0.5, 0.6) is 0 Å². The average Bonchev–Trinajstić information content (AvgIpc) is 3.38. The van der Waals surface area contributed by atoms with Gasteiger partial charge in [-0.05, 0) is 61.9 Å². The molecule has 6 rings (SSSR count). The molecular formula is C24H21ClN2O5. The maximum absolute atomic E-state index is 12.8. The molecule has 2 bridgehead atoms. The molecule has 4 atom stereocenters. The lowest BCUT2D eigenvalue weighted by Crippen LogP contribution is -2.38. The largest absolute Gasteiger partial charge is 0.462 e. The summed E-state index contributed by atoms with van der Waals surface area (Å²) in [6, 6.07) is 8.33. The number of nitrogens with zero attached hydrogens (tertiary/aromatic N) is 2. The van der Waals surface area contributed by atoms with Crippen molar-refractivity contribution < 1.29 is 23.5 Å². The van der Waals surface area contributed by atoms with E-state index >= 15 is 0 Å². The molecule has 1 saturated carbocycles. The summed E-state index contributed by atoms with van der Waals surface area (Å²) in [5.74, 6) is -0.475. The molecule has 1 aliphatic heterocycles. The molecule has 32 heavy (non-hydrogen) atoms. The van der Waals surface area contributed by atoms with Crippen LogP contribution in [0.15, 0.2) is 52.0 Å². The smallest absolute Gasteiger partial charge is 0.339 e. The Morgan fingerprint density at radius 3 is 2.47 bits per heavy atom. The normalized spacial score (nSPS) is 26.2. The summed E-state index contributed by atoms with van der Waals surface area (Å²) in [5, 5.41) is 5.45. The minimum atomic E-state index is -0.510. The number of furan rings is 1. The van der Waals surface area contributed by atoms with Crippen molar-refractivity contribution in [2.45, 2.75) is 19.8 Å². The van der Waals surface area contributed by atoms with Gasteiger partial charge in [-0.2, -0.15) is 10.1 Å². The van der Waals surface area contributed by atoms with Gasteiger partial charge in [-0.3, -0.25) is 9.59 Å². The minimum absolute atomic E-state index is 0.121. The SMILES string of the molecule is CCOC(=O)c1cc(-c2ccc(C=NN3C(=O)C4C5C=CC(CC5)C4C3=O)o2)ccc1Cl. The Hall–Kier alpha value is -3.19. The third-order valence-corrected chi connectivity index (χ3v) is 6.74. The Morgan fingerprint density at radius 2 is 1.84 bits per heavy atom. The molecule has 1 aromatic heterocycles. The summed E-state index contributed by atoms with van der Waals surface area (Å²) in [6.07, 6.45) is 7.39. The summed E-state index contributed by atoms with van der Waals surface area (Å²) in [4.78, 5) is 37.8. The predicted octanol–water partition coefficient (Wildman–Crippen LogP) is 4.31. The van der Waals surface area contributed by atoms with Gasteiger partial charge < -0.3 is 9.15 Å². The van der Waals surface area contributed by atoms with Gasteiger partial charge in [0.25, 0.3) is 11.8 Å². The van der Waals surface area contributed by atoms with Gasteiger partial charge in [0.2, 0.25) is 0 Å². The first-order valence-electron chi connectivity index (χ1n) is 10.6. The Balaban J connectivity index is 1.35. The van der Waals surface area contributed by atoms with Crippen molar-refractivity contribution in [1.29, 1.82) is 0 Å². The topological polar surface area (TPSA) is 89.2 Å². The summed E-state index contributed by atoms with van der Waals surface area (Å²) in [6.45, 7) is 1.97. The van der Waals surface area contributed by atoms with Crippen LogP contribution in [0, 0.1) is 23.7 Å². The molecule has 2 amide bonds. The van der Waals surface area contributed by atoms with E-state index in [2.05, 4.69) is 17.3 Å². The summed E-state index contributed by atoms with van der Waals surface area (Å²) < 4.78 is 10.8. The van der Waals surface area contributed by atoms with E-state index in [9.17, 15) is 14.4 Å². The van der Waals surface area contributed by atoms with E-state index in [-0.39, 0.29) is 52.7 Å². The molecule has 8 heteroatoms. The van der Waals surface area contributed by atoms with Crippen LogP contribution in [0.4, 0.5) is 0 Å². The average molecular weight is 453 g/mol. The zero-order valence-corrected chi connectivity index (χ0v) is 18.1. The fourth-order valence-corrected chi connectivity index (χ4v) is 5.10. The van der Waals surface area contributed by atoms with Gasteiger partial charge in [-0.15, -0.1) is 0 Å². The van der Waals surface area contributed by atoms with Crippen molar-refractivity contribution in [3.63, 3.8) is 0 Å². The Kier molecular flexibility index (Phi) is 5.21. The first kappa shape index (κ1) is 20.7. The van der Waals surface area contributed by atoms with Crippen LogP contribution in [0.25, 0.3) is 11.3 Å². The van der Waals surface area contributed by atoms with E-state index in [1.54, 1.807) is 37.3 Å². The number of hydrogen-bond donors (Lipinski definition) is 0. The second-order valence-electron chi connectivity index (χ2n) is 8.19. The van der Waals surface area contributed by atoms with Crippen LogP contribution in [-0.2, 0) is 14.3 Å². The molecule has 164 valence electrons. The molecule has 3 aliphatic carbocycles. The third-order valence-electron chi connectivity index (χ3n) is 6.41. The lowest BCUT2D eigenvalue weighted by molar-refractivity contribution is -0.140. The number of hydrogen-bond acceptors (Lipinski definition) is 6. The molecule has 4 unspecified atom stereocenters. The quantitative estimate of drug-likeness (QED) is 0.292. The number of carbonyl (C=O) groups is 3. The summed E-state index contributed by atoms with van der Waals surface area (Å²) in [7, 11) is 0. The van der Waals surface area contributed by atoms with Crippen molar-refractivity contribution in [1.82, 2.24) is 5.01 Å². The van der Waals surface area contributed by atoms with Crippen LogP contribution in [0.3, 0.4) is 0 Å². The van der Waals surface area contributed by atoms with Gasteiger partial charge in [-0.25, -0.2) is 4.79 Å². The van der Waals surface area contributed by atoms with E-state index in [0.29, 0.717) is 17.1 Å². The molecular weight excluding hydrogens is 432 g/mol. The Bertz CT molecular complexity index is 1130. The van der Waals surface area contributed by atoms with Gasteiger partial charge in [0.1, 0.15) is 11.5 Å². The van der Waals surface area contributed by atoms with Gasteiger partial charge in [0.05, 0.1) is 35.2 Å². The van der Waals surface area contributed by atoms with Crippen molar-refractivity contribution >= 4 is 35.6 Å². The highest BCUT2D eigenvalue weighted by Gasteiger charge is 2.56. The number of esters is 1. The van der Waals surface area contributed by atoms with Crippen LogP contribution in [0.1, 0.15) is 35.9 Å². The zero-order chi connectivity index (χ0) is 22.4. The van der Waals surface area contributed by atoms with Crippen LogP contribution >= 0.6 is 11.6 Å². The second kappa shape index (κ2) is 8.06. The van der Waals surface area contributed by atoms with Crippen molar-refractivity contribution in [3.05, 3.63) is 58.8 Å². The van der Waals surface area contributed by atoms with Gasteiger partial charge >= 0.3 is 5.97 Å². The van der Waals surface area contributed by atoms with Crippen molar-refractivity contribution in [3.8, 4) is 11.3 Å². The number of imide groups is 1. The highest BCUT2D eigenvalue weighted by molar-refractivity contribution is 6.33. The monoisotopic (exact) mass is 452 g/mol. The maximum Gasteiger partial charge on any atom is 0.339 e. The highest BCUT2D eigenvalue weighted by Crippen LogP contribution is 2.49. The molecule has 1 aromatic carbocycles. The van der Waals surface area contributed by atoms with E-state index in [4.69, 9.17) is 20.8 Å². The first-order chi connectivity index (χ1) is 15.5. The molecule has 0 radical (unpaired) electrons. The standard InChI is InChI=1S/C24H21ClN2O5/c1-2-31-24(30)17-11-15(7-9-18(17)25)19-10-8-16(32-19)12-26-27-22(28)20-13-3-4-14(6-5-13)21(20)23(27)29/h3-4,7-14,20-21H,2,5-6H2,1H3. The van der Waals surface area contributed by atoms with Crippen molar-refractivity contribution in [2.75, 3.05) is 6.61 Å². The van der Waals surface area contributed by atoms with Crippen molar-refractivity contribution in [2.24, 2.45) is 28.8 Å². The molecule has 2 fully saturated rings. The molecule has 0 N–H and O–H groups in total. The van der Waals surface area contributed by atoms with E-state index in [1.807, 2.05) is 0 Å². The Labute approximate surface area is 189 Å². The lowest BCUT2D eigenvalue weighted by atomic mass is 9.63. The predicted molar refractivity (Wildman–Crippen MR) is 117 cm³/mol. The van der Waals surface area contributed by atoms with Crippen LogP contribution < -0.4 is 0 Å². The third kappa shape index (κ3) is 3.37. The molecule has 2 heterocycles. The molecule has 7 nitrogen and oxygen atoms in total. The highest BCUT2D eigenvalue weighted by atomic mass is 35.5. The van der Waals surface area contributed by atoms with Gasteiger partial charge in [-0.1, -0.05) is 23.8 Å². The number of carbonyl (C=O) groups excluding carboxylic acids is 3. The van der Waals surface area contributed by atoms with E-state index < -0.39 is 5.97 Å². The maximum atomic E-state index is 12.8. The minimum Gasteiger partial charge on any atom is -0.462 e. The van der Waals surface area contributed by atoms with Gasteiger partial charge in [0, 0.05) is 5.56 Å². The molecule has 1 saturated heterocycles. The molecule has 2 aromatic rings. The number of allylic oxidation sites excluding steroid dienone is 2. The number of amides is 2. The second-order valence-corrected chi connectivity index (χ2v) is 8.60. The fraction of sp³-hybridized carbons (Fsp3) is 0.333. The van der Waals surface area contributed by atoms with Crippen LogP contribution in [0.2, 0.25) is 5.02 Å².